The Morgan fingerprint density at radius 2 is 1.48 bits per heavy atom. The molecule has 0 spiro atoms. The van der Waals surface area contributed by atoms with Crippen LogP contribution in [0.15, 0.2) is 23.0 Å². The van der Waals surface area contributed by atoms with Crippen molar-refractivity contribution in [2.24, 2.45) is 0 Å². The molecule has 9 heteroatoms. The van der Waals surface area contributed by atoms with Crippen LogP contribution in [0.1, 0.15) is 96.8 Å². The Morgan fingerprint density at radius 3 is 2.10 bits per heavy atom. The van der Waals surface area contributed by atoms with Crippen molar-refractivity contribution in [3.63, 3.8) is 0 Å². The number of thiazole rings is 1. The molecule has 0 atom stereocenters. The zero-order chi connectivity index (χ0) is 28.6. The van der Waals surface area contributed by atoms with Crippen molar-refractivity contribution in [2.75, 3.05) is 39.3 Å². The van der Waals surface area contributed by atoms with Crippen LogP contribution < -0.4 is 4.87 Å². The van der Waals surface area contributed by atoms with Crippen molar-refractivity contribution >= 4 is 45.0 Å². The van der Waals surface area contributed by atoms with Gasteiger partial charge in [-0.25, -0.2) is 0 Å². The summed E-state index contributed by atoms with van der Waals surface area (Å²) in [6.07, 6.45) is 17.3. The van der Waals surface area contributed by atoms with Gasteiger partial charge in [0.15, 0.2) is 0 Å². The van der Waals surface area contributed by atoms with Crippen LogP contribution in [0.2, 0.25) is 5.02 Å². The lowest BCUT2D eigenvalue weighted by Gasteiger charge is -2.34. The first-order valence-electron chi connectivity index (χ1n) is 15.4. The largest absolute Gasteiger partial charge is 0.464 e. The average Bonchev–Trinajstić information content (AvgIpc) is 3.25. The third-order valence-corrected chi connectivity index (χ3v) is 9.00. The molecule has 1 saturated heterocycles. The second kappa shape index (κ2) is 18.5. The Kier molecular flexibility index (Phi) is 15.1. The van der Waals surface area contributed by atoms with Crippen molar-refractivity contribution in [3.8, 4) is 0 Å². The van der Waals surface area contributed by atoms with Crippen LogP contribution in [0.3, 0.4) is 0 Å². The van der Waals surface area contributed by atoms with Gasteiger partial charge < -0.3 is 9.64 Å². The SMILES string of the molecule is CCCCCCCCCCCCCCCC(=O)OCCN1CCN(C(=O)Cn2c(=O)sc3ccc(Cl)cc32)CC1. The van der Waals surface area contributed by atoms with Gasteiger partial charge in [0, 0.05) is 44.2 Å². The molecular weight excluding hydrogens is 546 g/mol. The smallest absolute Gasteiger partial charge is 0.308 e. The minimum Gasteiger partial charge on any atom is -0.464 e. The van der Waals surface area contributed by atoms with Gasteiger partial charge in [-0.3, -0.25) is 23.9 Å². The second-order valence-electron chi connectivity index (χ2n) is 11.0. The van der Waals surface area contributed by atoms with E-state index in [9.17, 15) is 14.4 Å². The maximum Gasteiger partial charge on any atom is 0.308 e. The van der Waals surface area contributed by atoms with Gasteiger partial charge in [0.2, 0.25) is 5.91 Å². The second-order valence-corrected chi connectivity index (χ2v) is 12.4. The summed E-state index contributed by atoms with van der Waals surface area (Å²) in [6.45, 7) is 6.02. The first-order valence-corrected chi connectivity index (χ1v) is 16.6. The summed E-state index contributed by atoms with van der Waals surface area (Å²) in [5.41, 5.74) is 0.704. The highest BCUT2D eigenvalue weighted by atomic mass is 35.5. The van der Waals surface area contributed by atoms with Crippen molar-refractivity contribution in [2.45, 2.75) is 103 Å². The monoisotopic (exact) mass is 593 g/mol. The molecular formula is C31H48ClN3O4S. The molecule has 224 valence electrons. The van der Waals surface area contributed by atoms with Gasteiger partial charge in [0.1, 0.15) is 13.2 Å². The molecule has 3 rings (SSSR count). The van der Waals surface area contributed by atoms with Gasteiger partial charge in [-0.2, -0.15) is 0 Å². The Balaban J connectivity index is 1.18. The predicted molar refractivity (Wildman–Crippen MR) is 165 cm³/mol. The number of rotatable bonds is 19. The van der Waals surface area contributed by atoms with Crippen LogP contribution >= 0.6 is 22.9 Å². The molecule has 1 amide bonds. The van der Waals surface area contributed by atoms with E-state index in [-0.39, 0.29) is 23.3 Å². The Bertz CT molecular complexity index is 1090. The average molecular weight is 594 g/mol. The van der Waals surface area contributed by atoms with E-state index in [0.29, 0.717) is 43.2 Å². The number of halogens is 1. The number of ether oxygens (including phenoxy) is 1. The first-order chi connectivity index (χ1) is 19.5. The molecule has 1 aromatic carbocycles. The zero-order valence-corrected chi connectivity index (χ0v) is 25.9. The van der Waals surface area contributed by atoms with Crippen LogP contribution in [-0.4, -0.2) is 65.6 Å². The van der Waals surface area contributed by atoms with Gasteiger partial charge in [0.25, 0.3) is 0 Å². The van der Waals surface area contributed by atoms with Crippen LogP contribution in [0.5, 0.6) is 0 Å². The van der Waals surface area contributed by atoms with Crippen molar-refractivity contribution < 1.29 is 14.3 Å². The molecule has 0 aliphatic carbocycles. The highest BCUT2D eigenvalue weighted by Gasteiger charge is 2.22. The van der Waals surface area contributed by atoms with Gasteiger partial charge in [-0.1, -0.05) is 107 Å². The van der Waals surface area contributed by atoms with Crippen LogP contribution in [0.4, 0.5) is 0 Å². The fraction of sp³-hybridized carbons (Fsp3) is 0.710. The van der Waals surface area contributed by atoms with E-state index in [4.69, 9.17) is 16.3 Å². The summed E-state index contributed by atoms with van der Waals surface area (Å²) >= 11 is 7.22. The van der Waals surface area contributed by atoms with E-state index >= 15 is 0 Å². The number of hydrogen-bond acceptors (Lipinski definition) is 6. The fourth-order valence-electron chi connectivity index (χ4n) is 5.29. The van der Waals surface area contributed by atoms with Crippen molar-refractivity contribution in [1.29, 1.82) is 0 Å². The zero-order valence-electron chi connectivity index (χ0n) is 24.3. The van der Waals surface area contributed by atoms with Crippen LogP contribution in [0.25, 0.3) is 10.2 Å². The topological polar surface area (TPSA) is 71.8 Å². The third kappa shape index (κ3) is 11.5. The van der Waals surface area contributed by atoms with E-state index < -0.39 is 0 Å². The van der Waals surface area contributed by atoms with Gasteiger partial charge in [0.05, 0.1) is 10.2 Å². The van der Waals surface area contributed by atoms with Crippen LogP contribution in [-0.2, 0) is 20.9 Å². The Labute approximate surface area is 248 Å². The minimum atomic E-state index is -0.148. The quantitative estimate of drug-likeness (QED) is 0.131. The lowest BCUT2D eigenvalue weighted by molar-refractivity contribution is -0.144. The molecule has 0 N–H and O–H groups in total. The number of hydrogen-bond donors (Lipinski definition) is 0. The number of benzene rings is 1. The number of nitrogens with zero attached hydrogens (tertiary/aromatic N) is 3. The fourth-order valence-corrected chi connectivity index (χ4v) is 6.33. The summed E-state index contributed by atoms with van der Waals surface area (Å²) in [5.74, 6) is -0.170. The predicted octanol–water partition coefficient (Wildman–Crippen LogP) is 6.89. The maximum absolute atomic E-state index is 12.9. The first kappa shape index (κ1) is 32.6. The summed E-state index contributed by atoms with van der Waals surface area (Å²) in [7, 11) is 0. The molecule has 1 aliphatic heterocycles. The number of amides is 1. The summed E-state index contributed by atoms with van der Waals surface area (Å²) in [5, 5.41) is 0.546. The minimum absolute atomic E-state index is 0.0238. The number of unbranched alkanes of at least 4 members (excludes halogenated alkanes) is 12. The van der Waals surface area contributed by atoms with Gasteiger partial charge in [-0.05, 0) is 24.6 Å². The van der Waals surface area contributed by atoms with E-state index in [1.807, 2.05) is 6.07 Å². The molecule has 1 fully saturated rings. The normalized spacial score (nSPS) is 14.2. The molecule has 0 radical (unpaired) electrons. The molecule has 0 bridgehead atoms. The van der Waals surface area contributed by atoms with E-state index in [1.165, 1.54) is 75.2 Å². The van der Waals surface area contributed by atoms with Crippen molar-refractivity contribution in [3.05, 3.63) is 32.9 Å². The number of carbonyl (C=O) groups excluding carboxylic acids is 2. The van der Waals surface area contributed by atoms with Gasteiger partial charge >= 0.3 is 10.8 Å². The lowest BCUT2D eigenvalue weighted by atomic mass is 10.0. The van der Waals surface area contributed by atoms with E-state index in [2.05, 4.69) is 11.8 Å². The number of carbonyl (C=O) groups is 2. The van der Waals surface area contributed by atoms with Crippen LogP contribution in [0, 0.1) is 0 Å². The van der Waals surface area contributed by atoms with E-state index in [1.54, 1.807) is 17.0 Å². The summed E-state index contributed by atoms with van der Waals surface area (Å²) in [4.78, 5) is 41.2. The molecule has 0 saturated carbocycles. The summed E-state index contributed by atoms with van der Waals surface area (Å²) < 4.78 is 7.79. The number of esters is 1. The number of aromatic nitrogens is 1. The molecule has 7 nitrogen and oxygen atoms in total. The molecule has 2 aromatic rings. The maximum atomic E-state index is 12.9. The number of fused-ring (bicyclic) bond motifs is 1. The summed E-state index contributed by atoms with van der Waals surface area (Å²) in [6, 6.07) is 5.30. The molecule has 2 heterocycles. The Hall–Kier alpha value is -1.90. The van der Waals surface area contributed by atoms with Crippen molar-refractivity contribution in [1.82, 2.24) is 14.4 Å². The van der Waals surface area contributed by atoms with Gasteiger partial charge in [-0.15, -0.1) is 0 Å². The lowest BCUT2D eigenvalue weighted by Crippen LogP contribution is -2.50. The molecule has 1 aromatic heterocycles. The highest BCUT2D eigenvalue weighted by molar-refractivity contribution is 7.16. The Morgan fingerprint density at radius 1 is 0.875 bits per heavy atom. The standard InChI is InChI=1S/C31H48ClN3O4S/c1-2-3-4-5-6-7-8-9-10-11-12-13-14-15-30(37)39-23-22-33-18-20-34(21-19-33)29(36)25-35-27-24-26(32)16-17-28(27)40-31(35)38/h16-17,24H,2-15,18-23,25H2,1H3. The number of piperazine rings is 1. The molecule has 40 heavy (non-hydrogen) atoms. The molecule has 1 aliphatic rings. The molecule has 0 unspecified atom stereocenters. The van der Waals surface area contributed by atoms with E-state index in [0.717, 1.165) is 42.0 Å². The highest BCUT2D eigenvalue weighted by Crippen LogP contribution is 2.22. The third-order valence-electron chi connectivity index (χ3n) is 7.80.